The topological polar surface area (TPSA) is 13.1 Å². The molecule has 0 atom stereocenters. The minimum atomic E-state index is 0.162. The van der Waals surface area contributed by atoms with Gasteiger partial charge in [0.2, 0.25) is 0 Å². The molecule has 0 spiro atoms. The first-order valence-corrected chi connectivity index (χ1v) is 31.2. The molecule has 0 radical (unpaired) electrons. The average Bonchev–Trinajstić information content (AvgIpc) is 1.97. The van der Waals surface area contributed by atoms with Crippen molar-refractivity contribution in [3.8, 4) is 44.5 Å². The molecular weight excluding hydrogens is 1060 g/mol. The molecule has 1 nitrogen and oxygen atoms in total. The monoisotopic (exact) mass is 1140 g/mol. The SMILES string of the molecule is CC(C)(C)c1ccc(-c2ccc3c(c2)oc2ccccc23)cc1.CC(C)(C)c1ccc(-c2cccc3c2sc2ccccc23)cc1.CC(C)(C)c1ccc(-c2ccccc2)c2ccccc12.CC(C)(C)c1cccc(-c2cccc3ccccc23)c1. The fraction of sp³-hybridized carbons (Fsp3) is 0.190. The van der Waals surface area contributed by atoms with Crippen molar-refractivity contribution in [2.75, 3.05) is 0 Å². The normalized spacial score (nSPS) is 12.0. The summed E-state index contributed by atoms with van der Waals surface area (Å²) < 4.78 is 8.74. The molecule has 0 aliphatic rings. The number of fused-ring (bicyclic) bond motifs is 8. The number of hydrogen-bond donors (Lipinski definition) is 0. The van der Waals surface area contributed by atoms with Gasteiger partial charge in [0.25, 0.3) is 0 Å². The van der Waals surface area contributed by atoms with E-state index in [1.54, 1.807) is 0 Å². The molecule has 2 heteroatoms. The number of thiophene rings is 1. The van der Waals surface area contributed by atoms with Crippen LogP contribution in [-0.2, 0) is 21.7 Å². The lowest BCUT2D eigenvalue weighted by atomic mass is 9.82. The van der Waals surface area contributed by atoms with Gasteiger partial charge in [-0.3, -0.25) is 0 Å². The Morgan fingerprint density at radius 2 is 0.733 bits per heavy atom. The molecule has 0 saturated heterocycles. The molecular formula is C84H80OS. The zero-order valence-corrected chi connectivity index (χ0v) is 53.0. The van der Waals surface area contributed by atoms with E-state index in [0.29, 0.717) is 0 Å². The largest absolute Gasteiger partial charge is 0.456 e. The molecule has 0 fully saturated rings. The van der Waals surface area contributed by atoms with Gasteiger partial charge >= 0.3 is 0 Å². The lowest BCUT2D eigenvalue weighted by molar-refractivity contribution is 0.590. The second-order valence-electron chi connectivity index (χ2n) is 26.9. The van der Waals surface area contributed by atoms with Crippen LogP contribution in [-0.4, -0.2) is 0 Å². The average molecular weight is 1140 g/mol. The lowest BCUT2D eigenvalue weighted by Crippen LogP contribution is -2.11. The molecule has 0 unspecified atom stereocenters. The van der Waals surface area contributed by atoms with E-state index in [2.05, 4.69) is 338 Å². The zero-order valence-electron chi connectivity index (χ0n) is 52.2. The fourth-order valence-electron chi connectivity index (χ4n) is 11.6. The quantitative estimate of drug-likeness (QED) is 0.171. The molecule has 86 heavy (non-hydrogen) atoms. The van der Waals surface area contributed by atoms with E-state index in [-0.39, 0.29) is 21.7 Å². The second kappa shape index (κ2) is 24.3. The van der Waals surface area contributed by atoms with Gasteiger partial charge in [0, 0.05) is 30.9 Å². The molecule has 2 heterocycles. The molecule has 0 amide bonds. The zero-order chi connectivity index (χ0) is 60.4. The third-order valence-electron chi connectivity index (χ3n) is 16.6. The smallest absolute Gasteiger partial charge is 0.136 e. The molecule has 14 rings (SSSR count). The van der Waals surface area contributed by atoms with Crippen LogP contribution in [0.1, 0.15) is 105 Å². The highest BCUT2D eigenvalue weighted by atomic mass is 32.1. The fourth-order valence-corrected chi connectivity index (χ4v) is 12.9. The van der Waals surface area contributed by atoms with E-state index in [1.807, 2.05) is 23.5 Å². The van der Waals surface area contributed by atoms with E-state index in [0.717, 1.165) is 11.2 Å². The predicted octanol–water partition coefficient (Wildman–Crippen LogP) is 25.2. The van der Waals surface area contributed by atoms with Crippen molar-refractivity contribution < 1.29 is 4.42 Å². The highest BCUT2D eigenvalue weighted by Gasteiger charge is 2.20. The van der Waals surface area contributed by atoms with Gasteiger partial charge in [-0.1, -0.05) is 326 Å². The molecule has 12 aromatic carbocycles. The van der Waals surface area contributed by atoms with Crippen molar-refractivity contribution in [2.24, 2.45) is 0 Å². The van der Waals surface area contributed by atoms with Gasteiger partial charge in [0.15, 0.2) is 0 Å². The summed E-state index contributed by atoms with van der Waals surface area (Å²) in [6.45, 7) is 27.1. The van der Waals surface area contributed by atoms with Crippen molar-refractivity contribution in [1.29, 1.82) is 0 Å². The number of rotatable bonds is 4. The summed E-state index contributed by atoms with van der Waals surface area (Å²) in [5.41, 5.74) is 18.4. The lowest BCUT2D eigenvalue weighted by Gasteiger charge is -2.22. The standard InChI is InChI=1S/C22H20O.C22H20S.2C20H20/c1-22(2,3)17-11-8-15(9-12-17)16-10-13-19-18-6-4-5-7-20(18)23-21(19)14-16;1-22(2,3)16-13-11-15(12-14-16)17-8-6-9-19-18-7-4-5-10-20(18)23-21(17)19;1-20(2,3)17-11-6-10-16(14-17)19-13-7-9-15-8-4-5-12-18(15)19;1-20(2,3)19-14-13-16(15-9-5-4-6-10-15)17-11-7-8-12-18(17)19/h2*4-14H,1-3H3;2*4-14H,1-3H3. The number of hydrogen-bond acceptors (Lipinski definition) is 2. The summed E-state index contributed by atoms with van der Waals surface area (Å²) in [6.07, 6.45) is 0. The molecule has 0 aliphatic carbocycles. The van der Waals surface area contributed by atoms with Crippen LogP contribution in [0.2, 0.25) is 0 Å². The van der Waals surface area contributed by atoms with Crippen molar-refractivity contribution in [3.05, 3.63) is 289 Å². The summed E-state index contributed by atoms with van der Waals surface area (Å²) in [4.78, 5) is 0. The first-order chi connectivity index (χ1) is 41.2. The van der Waals surface area contributed by atoms with Crippen LogP contribution in [0.15, 0.2) is 271 Å². The van der Waals surface area contributed by atoms with Crippen molar-refractivity contribution >= 4 is 75.0 Å². The van der Waals surface area contributed by atoms with E-state index in [1.165, 1.54) is 119 Å². The van der Waals surface area contributed by atoms with Crippen LogP contribution in [0.4, 0.5) is 0 Å². The molecule has 0 N–H and O–H groups in total. The summed E-state index contributed by atoms with van der Waals surface area (Å²) in [5, 5.41) is 10.4. The van der Waals surface area contributed by atoms with Crippen molar-refractivity contribution in [2.45, 2.75) is 105 Å². The van der Waals surface area contributed by atoms with Crippen LogP contribution >= 0.6 is 11.3 Å². The van der Waals surface area contributed by atoms with Crippen molar-refractivity contribution in [1.82, 2.24) is 0 Å². The molecule has 0 bridgehead atoms. The number of para-hydroxylation sites is 1. The van der Waals surface area contributed by atoms with E-state index >= 15 is 0 Å². The van der Waals surface area contributed by atoms with E-state index in [4.69, 9.17) is 4.42 Å². The van der Waals surface area contributed by atoms with Gasteiger partial charge in [-0.05, 0) is 134 Å². The van der Waals surface area contributed by atoms with Gasteiger partial charge < -0.3 is 4.42 Å². The van der Waals surface area contributed by atoms with Gasteiger partial charge in [-0.25, -0.2) is 0 Å². The maximum Gasteiger partial charge on any atom is 0.136 e. The molecule has 0 saturated carbocycles. The number of furan rings is 1. The Bertz CT molecular complexity index is 4630. The van der Waals surface area contributed by atoms with E-state index < -0.39 is 0 Å². The predicted molar refractivity (Wildman–Crippen MR) is 377 cm³/mol. The highest BCUT2D eigenvalue weighted by molar-refractivity contribution is 7.26. The molecule has 2 aromatic heterocycles. The Hall–Kier alpha value is -8.82. The Balaban J connectivity index is 0.000000119. The molecule has 428 valence electrons. The summed E-state index contributed by atoms with van der Waals surface area (Å²) in [7, 11) is 0. The van der Waals surface area contributed by atoms with Crippen LogP contribution in [0.25, 0.3) is 108 Å². The van der Waals surface area contributed by atoms with Gasteiger partial charge in [0.05, 0.1) is 0 Å². The maximum absolute atomic E-state index is 5.99. The van der Waals surface area contributed by atoms with Crippen LogP contribution in [0, 0.1) is 0 Å². The number of benzene rings is 12. The maximum atomic E-state index is 5.99. The molecule has 14 aromatic rings. The van der Waals surface area contributed by atoms with Gasteiger partial charge in [-0.15, -0.1) is 11.3 Å². The Morgan fingerprint density at radius 1 is 0.256 bits per heavy atom. The van der Waals surface area contributed by atoms with Crippen LogP contribution < -0.4 is 0 Å². The second-order valence-corrected chi connectivity index (χ2v) is 28.0. The minimum absolute atomic E-state index is 0.162. The Labute approximate surface area is 514 Å². The van der Waals surface area contributed by atoms with Crippen LogP contribution in [0.5, 0.6) is 0 Å². The Kier molecular flexibility index (Phi) is 16.6. The van der Waals surface area contributed by atoms with Gasteiger partial charge in [0.1, 0.15) is 11.2 Å². The van der Waals surface area contributed by atoms with Gasteiger partial charge in [-0.2, -0.15) is 0 Å². The third kappa shape index (κ3) is 12.9. The van der Waals surface area contributed by atoms with Crippen LogP contribution in [0.3, 0.4) is 0 Å². The highest BCUT2D eigenvalue weighted by Crippen LogP contribution is 2.41. The third-order valence-corrected chi connectivity index (χ3v) is 17.8. The summed E-state index contributed by atoms with van der Waals surface area (Å²) >= 11 is 1.89. The Morgan fingerprint density at radius 3 is 1.41 bits per heavy atom. The molecule has 0 aliphatic heterocycles. The minimum Gasteiger partial charge on any atom is -0.456 e. The van der Waals surface area contributed by atoms with Crippen molar-refractivity contribution in [3.63, 3.8) is 0 Å². The first kappa shape index (κ1) is 58.9. The summed E-state index contributed by atoms with van der Waals surface area (Å²) in [6, 6.07) is 95.8. The first-order valence-electron chi connectivity index (χ1n) is 30.4. The summed E-state index contributed by atoms with van der Waals surface area (Å²) in [5.74, 6) is 0. The van der Waals surface area contributed by atoms with E-state index in [9.17, 15) is 0 Å².